The van der Waals surface area contributed by atoms with E-state index in [1.54, 1.807) is 18.5 Å². The molecule has 0 fully saturated rings. The van der Waals surface area contributed by atoms with E-state index < -0.39 is 5.97 Å². The lowest BCUT2D eigenvalue weighted by atomic mass is 10.1. The molecule has 106 valence electrons. The largest absolute Gasteiger partial charge is 0.478 e. The molecule has 0 amide bonds. The molecule has 0 radical (unpaired) electrons. The first-order valence-electron chi connectivity index (χ1n) is 5.54. The van der Waals surface area contributed by atoms with Crippen LogP contribution in [0.15, 0.2) is 23.2 Å². The minimum absolute atomic E-state index is 0.00790. The molecule has 9 nitrogen and oxygen atoms in total. The first-order chi connectivity index (χ1) is 10.2. The number of nitriles is 1. The summed E-state index contributed by atoms with van der Waals surface area (Å²) in [5.74, 6) is -0.798. The maximum absolute atomic E-state index is 11.2. The van der Waals surface area contributed by atoms with Gasteiger partial charge in [0.1, 0.15) is 0 Å². The standard InChI is InChI=1S/C11H9N7O2S/c1-21-11(13-5-12)14-8-4-6(9-15-17-18-16-9)2-3-7(8)10(19)20/h2-4H,1H3,(H,13,14)(H,19,20)(H,15,16,17,18). The summed E-state index contributed by atoms with van der Waals surface area (Å²) in [6, 6.07) is 4.48. The van der Waals surface area contributed by atoms with Crippen LogP contribution in [0.1, 0.15) is 10.4 Å². The lowest BCUT2D eigenvalue weighted by molar-refractivity contribution is 0.0698. The van der Waals surface area contributed by atoms with Crippen LogP contribution in [-0.4, -0.2) is 43.1 Å². The van der Waals surface area contributed by atoms with Crippen molar-refractivity contribution in [2.75, 3.05) is 6.26 Å². The van der Waals surface area contributed by atoms with Gasteiger partial charge in [0.25, 0.3) is 0 Å². The first-order valence-corrected chi connectivity index (χ1v) is 6.77. The van der Waals surface area contributed by atoms with Crippen molar-refractivity contribution < 1.29 is 9.90 Å². The van der Waals surface area contributed by atoms with Gasteiger partial charge >= 0.3 is 5.97 Å². The average Bonchev–Trinajstić information content (AvgIpc) is 3.00. The molecule has 2 aromatic rings. The number of carboxylic acid groups (broad SMARTS) is 1. The minimum Gasteiger partial charge on any atom is -0.478 e. The second-order valence-electron chi connectivity index (χ2n) is 3.63. The van der Waals surface area contributed by atoms with Crippen LogP contribution in [0, 0.1) is 11.5 Å². The number of carbonyl (C=O) groups is 1. The Bertz CT molecular complexity index is 721. The summed E-state index contributed by atoms with van der Waals surface area (Å²) in [4.78, 5) is 15.4. The Morgan fingerprint density at radius 3 is 2.95 bits per heavy atom. The Labute approximate surface area is 123 Å². The number of amidine groups is 1. The lowest BCUT2D eigenvalue weighted by Crippen LogP contribution is -2.13. The predicted molar refractivity (Wildman–Crippen MR) is 75.9 cm³/mol. The van der Waals surface area contributed by atoms with Crippen molar-refractivity contribution >= 4 is 28.6 Å². The highest BCUT2D eigenvalue weighted by atomic mass is 32.2. The number of rotatable bonds is 3. The van der Waals surface area contributed by atoms with Gasteiger partial charge in [-0.05, 0) is 23.6 Å². The molecule has 0 atom stereocenters. The Morgan fingerprint density at radius 1 is 1.57 bits per heavy atom. The fraction of sp³-hybridized carbons (Fsp3) is 0.0909. The fourth-order valence-corrected chi connectivity index (χ4v) is 1.85. The topological polar surface area (TPSA) is 140 Å². The van der Waals surface area contributed by atoms with Crippen molar-refractivity contribution in [1.29, 1.82) is 5.26 Å². The molecule has 0 aliphatic carbocycles. The second-order valence-corrected chi connectivity index (χ2v) is 4.43. The summed E-state index contributed by atoms with van der Waals surface area (Å²) in [6.45, 7) is 0. The number of tetrazole rings is 1. The number of aliphatic imine (C=N–C) groups is 1. The molecule has 0 aliphatic heterocycles. The van der Waals surface area contributed by atoms with Gasteiger partial charge in [-0.1, -0.05) is 17.8 Å². The number of nitrogens with one attached hydrogen (secondary N) is 2. The zero-order valence-electron chi connectivity index (χ0n) is 10.7. The fourth-order valence-electron chi connectivity index (χ4n) is 1.51. The van der Waals surface area contributed by atoms with Crippen molar-refractivity contribution in [2.24, 2.45) is 4.99 Å². The van der Waals surface area contributed by atoms with Crippen LogP contribution in [0.3, 0.4) is 0 Å². The number of thioether (sulfide) groups is 1. The van der Waals surface area contributed by atoms with Crippen molar-refractivity contribution in [1.82, 2.24) is 25.9 Å². The van der Waals surface area contributed by atoms with E-state index in [-0.39, 0.29) is 16.4 Å². The summed E-state index contributed by atoms with van der Waals surface area (Å²) in [5, 5.41) is 33.9. The van der Waals surface area contributed by atoms with Crippen molar-refractivity contribution in [3.8, 4) is 17.6 Å². The smallest absolute Gasteiger partial charge is 0.337 e. The van der Waals surface area contributed by atoms with E-state index in [2.05, 4.69) is 30.9 Å². The molecule has 0 aliphatic rings. The molecule has 0 saturated carbocycles. The number of aromatic carboxylic acids is 1. The highest BCUT2D eigenvalue weighted by molar-refractivity contribution is 8.13. The molecule has 1 aromatic heterocycles. The minimum atomic E-state index is -1.12. The molecule has 1 aromatic carbocycles. The molecule has 0 spiro atoms. The van der Waals surface area contributed by atoms with Crippen molar-refractivity contribution in [3.05, 3.63) is 23.8 Å². The van der Waals surface area contributed by atoms with Gasteiger partial charge in [0, 0.05) is 5.56 Å². The van der Waals surface area contributed by atoms with Crippen LogP contribution < -0.4 is 5.32 Å². The molecule has 2 rings (SSSR count). The maximum atomic E-state index is 11.2. The van der Waals surface area contributed by atoms with E-state index in [0.29, 0.717) is 11.4 Å². The normalized spacial score (nSPS) is 11.0. The SMILES string of the molecule is CSC(=Nc1cc(-c2nn[nH]n2)ccc1C(=O)O)NC#N. The Kier molecular flexibility index (Phi) is 4.47. The summed E-state index contributed by atoms with van der Waals surface area (Å²) >= 11 is 1.19. The monoisotopic (exact) mass is 303 g/mol. The van der Waals surface area contributed by atoms with Crippen LogP contribution in [0.2, 0.25) is 0 Å². The predicted octanol–water partition coefficient (Wildman–Crippen LogP) is 0.986. The summed E-state index contributed by atoms with van der Waals surface area (Å²) in [6.07, 6.45) is 3.46. The molecule has 21 heavy (non-hydrogen) atoms. The van der Waals surface area contributed by atoms with Crippen LogP contribution in [0.4, 0.5) is 5.69 Å². The number of aromatic nitrogens is 4. The van der Waals surface area contributed by atoms with Crippen LogP contribution >= 0.6 is 11.8 Å². The van der Waals surface area contributed by atoms with Gasteiger partial charge in [0.15, 0.2) is 11.4 Å². The molecule has 3 N–H and O–H groups in total. The van der Waals surface area contributed by atoms with Crippen molar-refractivity contribution in [2.45, 2.75) is 0 Å². The average molecular weight is 303 g/mol. The third-order valence-corrected chi connectivity index (χ3v) is 2.99. The van der Waals surface area contributed by atoms with Gasteiger partial charge in [-0.25, -0.2) is 9.79 Å². The third-order valence-electron chi connectivity index (χ3n) is 2.41. The number of aromatic amines is 1. The number of hydrogen-bond donors (Lipinski definition) is 3. The third kappa shape index (κ3) is 3.34. The number of hydrogen-bond acceptors (Lipinski definition) is 7. The molecule has 0 saturated heterocycles. The molecule has 0 unspecified atom stereocenters. The first kappa shape index (κ1) is 14.5. The highest BCUT2D eigenvalue weighted by Gasteiger charge is 2.13. The zero-order valence-corrected chi connectivity index (χ0v) is 11.5. The molecule has 10 heteroatoms. The number of nitrogens with zero attached hydrogens (tertiary/aromatic N) is 5. The maximum Gasteiger partial charge on any atom is 0.337 e. The van der Waals surface area contributed by atoms with Gasteiger partial charge in [-0.15, -0.1) is 10.2 Å². The van der Waals surface area contributed by atoms with Crippen molar-refractivity contribution in [3.63, 3.8) is 0 Å². The van der Waals surface area contributed by atoms with Crippen LogP contribution in [-0.2, 0) is 0 Å². The van der Waals surface area contributed by atoms with Crippen LogP contribution in [0.25, 0.3) is 11.4 Å². The number of carboxylic acids is 1. The Balaban J connectivity index is 2.52. The molecular formula is C11H9N7O2S. The number of H-pyrrole nitrogens is 1. The van der Waals surface area contributed by atoms with E-state index >= 15 is 0 Å². The van der Waals surface area contributed by atoms with E-state index in [9.17, 15) is 9.90 Å². The lowest BCUT2D eigenvalue weighted by Gasteiger charge is -2.05. The van der Waals surface area contributed by atoms with Gasteiger partial charge < -0.3 is 5.11 Å². The quantitative estimate of drug-likeness (QED) is 0.330. The van der Waals surface area contributed by atoms with E-state index in [1.807, 2.05) is 0 Å². The van der Waals surface area contributed by atoms with E-state index in [4.69, 9.17) is 5.26 Å². The Morgan fingerprint density at radius 2 is 2.38 bits per heavy atom. The summed E-state index contributed by atoms with van der Waals surface area (Å²) < 4.78 is 0. The second kappa shape index (κ2) is 6.49. The molecular weight excluding hydrogens is 294 g/mol. The highest BCUT2D eigenvalue weighted by Crippen LogP contribution is 2.26. The summed E-state index contributed by atoms with van der Waals surface area (Å²) in [7, 11) is 0. The van der Waals surface area contributed by atoms with Crippen LogP contribution in [0.5, 0.6) is 0 Å². The van der Waals surface area contributed by atoms with Gasteiger partial charge in [0.05, 0.1) is 11.3 Å². The van der Waals surface area contributed by atoms with Gasteiger partial charge in [0.2, 0.25) is 5.82 Å². The molecule has 0 bridgehead atoms. The van der Waals surface area contributed by atoms with E-state index in [0.717, 1.165) is 0 Å². The van der Waals surface area contributed by atoms with E-state index in [1.165, 1.54) is 23.9 Å². The van der Waals surface area contributed by atoms with Gasteiger partial charge in [-0.2, -0.15) is 10.5 Å². The molecule has 1 heterocycles. The Hall–Kier alpha value is -2.93. The zero-order chi connectivity index (χ0) is 15.2. The van der Waals surface area contributed by atoms with Gasteiger partial charge in [-0.3, -0.25) is 5.32 Å². The number of benzene rings is 1. The summed E-state index contributed by atoms with van der Waals surface area (Å²) in [5.41, 5.74) is 0.760.